The Balaban J connectivity index is 2.40. The summed E-state index contributed by atoms with van der Waals surface area (Å²) in [5.74, 6) is -0.908. The van der Waals surface area contributed by atoms with Gasteiger partial charge in [0.05, 0.1) is 12.2 Å². The molecule has 2 rings (SSSR count). The molecule has 0 aromatic carbocycles. The first-order valence-electron chi connectivity index (χ1n) is 6.20. The normalized spacial score (nSPS) is 24.9. The zero-order valence-electron chi connectivity index (χ0n) is 10.3. The second-order valence-corrected chi connectivity index (χ2v) is 4.48. The van der Waals surface area contributed by atoms with Gasteiger partial charge in [-0.15, -0.1) is 0 Å². The first kappa shape index (κ1) is 12.7. The predicted octanol–water partition coefficient (Wildman–Crippen LogP) is 2.05. The molecule has 98 valence electrons. The summed E-state index contributed by atoms with van der Waals surface area (Å²) >= 11 is 0. The fourth-order valence-electron chi connectivity index (χ4n) is 2.59. The fourth-order valence-corrected chi connectivity index (χ4v) is 2.59. The Morgan fingerprint density at radius 2 is 2.39 bits per heavy atom. The number of aliphatic carboxylic acids is 1. The number of rotatable bonds is 3. The van der Waals surface area contributed by atoms with Crippen LogP contribution < -0.4 is 0 Å². The Kier molecular flexibility index (Phi) is 3.69. The van der Waals surface area contributed by atoms with Gasteiger partial charge in [-0.05, 0) is 31.9 Å². The molecule has 0 saturated carbocycles. The van der Waals surface area contributed by atoms with Gasteiger partial charge in [0.25, 0.3) is 0 Å². The van der Waals surface area contributed by atoms with Gasteiger partial charge in [0.1, 0.15) is 11.8 Å². The van der Waals surface area contributed by atoms with E-state index in [4.69, 9.17) is 4.42 Å². The number of carbonyl (C=O) groups is 2. The van der Waals surface area contributed by atoms with Crippen LogP contribution in [0, 0.1) is 5.92 Å². The van der Waals surface area contributed by atoms with Crippen molar-refractivity contribution in [1.82, 2.24) is 4.90 Å². The highest BCUT2D eigenvalue weighted by Crippen LogP contribution is 2.35. The van der Waals surface area contributed by atoms with Crippen LogP contribution in [-0.2, 0) is 9.59 Å². The third-order valence-corrected chi connectivity index (χ3v) is 3.44. The van der Waals surface area contributed by atoms with Crippen molar-refractivity contribution < 1.29 is 19.1 Å². The van der Waals surface area contributed by atoms with E-state index < -0.39 is 17.9 Å². The fraction of sp³-hybridized carbons (Fsp3) is 0.538. The monoisotopic (exact) mass is 251 g/mol. The molecule has 0 aliphatic carbocycles. The lowest BCUT2D eigenvalue weighted by Crippen LogP contribution is -2.38. The van der Waals surface area contributed by atoms with Crippen LogP contribution in [0.3, 0.4) is 0 Å². The van der Waals surface area contributed by atoms with Crippen LogP contribution in [0.15, 0.2) is 22.8 Å². The Morgan fingerprint density at radius 3 is 2.94 bits per heavy atom. The summed E-state index contributed by atoms with van der Waals surface area (Å²) in [7, 11) is 0. The number of nitrogens with zero attached hydrogens (tertiary/aromatic N) is 1. The molecule has 1 aromatic heterocycles. The molecule has 1 N–H and O–H groups in total. The zero-order chi connectivity index (χ0) is 13.1. The summed E-state index contributed by atoms with van der Waals surface area (Å²) in [4.78, 5) is 25.0. The Hall–Kier alpha value is -1.78. The summed E-state index contributed by atoms with van der Waals surface area (Å²) in [6.07, 6.45) is 3.04. The van der Waals surface area contributed by atoms with E-state index in [2.05, 4.69) is 0 Å². The SMILES string of the molecule is CCN1C(=O)CCCC(C(=O)O)C1c1ccco1. The molecule has 0 spiro atoms. The highest BCUT2D eigenvalue weighted by Gasteiger charge is 2.39. The maximum Gasteiger partial charge on any atom is 0.309 e. The lowest BCUT2D eigenvalue weighted by Gasteiger charge is -2.31. The van der Waals surface area contributed by atoms with Crippen LogP contribution in [0.4, 0.5) is 0 Å². The lowest BCUT2D eigenvalue weighted by atomic mass is 9.93. The van der Waals surface area contributed by atoms with Crippen LogP contribution in [0.5, 0.6) is 0 Å². The van der Waals surface area contributed by atoms with Gasteiger partial charge in [-0.3, -0.25) is 9.59 Å². The number of amides is 1. The van der Waals surface area contributed by atoms with Crippen molar-refractivity contribution >= 4 is 11.9 Å². The van der Waals surface area contributed by atoms with Gasteiger partial charge in [-0.25, -0.2) is 0 Å². The van der Waals surface area contributed by atoms with Crippen molar-refractivity contribution in [3.63, 3.8) is 0 Å². The van der Waals surface area contributed by atoms with Crippen molar-refractivity contribution in [2.45, 2.75) is 32.2 Å². The minimum absolute atomic E-state index is 0.00245. The van der Waals surface area contributed by atoms with E-state index >= 15 is 0 Å². The molecule has 1 saturated heterocycles. The molecule has 18 heavy (non-hydrogen) atoms. The number of hydrogen-bond acceptors (Lipinski definition) is 3. The molecular weight excluding hydrogens is 234 g/mol. The van der Waals surface area contributed by atoms with Crippen LogP contribution in [0.2, 0.25) is 0 Å². The second-order valence-electron chi connectivity index (χ2n) is 4.48. The van der Waals surface area contributed by atoms with Crippen molar-refractivity contribution in [2.75, 3.05) is 6.54 Å². The average molecular weight is 251 g/mol. The standard InChI is InChI=1S/C13H17NO4/c1-2-14-11(15)7-3-5-9(13(16)17)12(14)10-6-4-8-18-10/h4,6,8-9,12H,2-3,5,7H2,1H3,(H,16,17). The van der Waals surface area contributed by atoms with E-state index in [1.54, 1.807) is 17.0 Å². The van der Waals surface area contributed by atoms with Crippen molar-refractivity contribution in [2.24, 2.45) is 5.92 Å². The smallest absolute Gasteiger partial charge is 0.309 e. The molecule has 2 atom stereocenters. The zero-order valence-corrected chi connectivity index (χ0v) is 10.3. The summed E-state index contributed by atoms with van der Waals surface area (Å²) in [6, 6.07) is 2.97. The summed E-state index contributed by atoms with van der Waals surface area (Å²) < 4.78 is 5.33. The predicted molar refractivity (Wildman–Crippen MR) is 63.8 cm³/mol. The molecule has 0 bridgehead atoms. The van der Waals surface area contributed by atoms with E-state index in [1.807, 2.05) is 6.92 Å². The van der Waals surface area contributed by atoms with Crippen molar-refractivity contribution in [3.8, 4) is 0 Å². The van der Waals surface area contributed by atoms with Crippen LogP contribution in [0.25, 0.3) is 0 Å². The third kappa shape index (κ3) is 2.25. The van der Waals surface area contributed by atoms with Gasteiger partial charge >= 0.3 is 5.97 Å². The quantitative estimate of drug-likeness (QED) is 0.892. The lowest BCUT2D eigenvalue weighted by molar-refractivity contribution is -0.146. The van der Waals surface area contributed by atoms with E-state index in [1.165, 1.54) is 6.26 Å². The van der Waals surface area contributed by atoms with Gasteiger partial charge in [-0.1, -0.05) is 0 Å². The topological polar surface area (TPSA) is 70.8 Å². The van der Waals surface area contributed by atoms with E-state index in [0.717, 1.165) is 0 Å². The number of carboxylic acids is 1. The molecule has 5 heteroatoms. The average Bonchev–Trinajstić information content (AvgIpc) is 2.79. The molecule has 0 radical (unpaired) electrons. The van der Waals surface area contributed by atoms with Crippen molar-refractivity contribution in [1.29, 1.82) is 0 Å². The molecular formula is C13H17NO4. The molecule has 1 aliphatic heterocycles. The summed E-state index contributed by atoms with van der Waals surface area (Å²) in [6.45, 7) is 2.35. The summed E-state index contributed by atoms with van der Waals surface area (Å²) in [5, 5.41) is 9.35. The Morgan fingerprint density at radius 1 is 1.61 bits per heavy atom. The van der Waals surface area contributed by atoms with Gasteiger partial charge in [-0.2, -0.15) is 0 Å². The largest absolute Gasteiger partial charge is 0.481 e. The van der Waals surface area contributed by atoms with Crippen LogP contribution in [-0.4, -0.2) is 28.4 Å². The molecule has 1 amide bonds. The van der Waals surface area contributed by atoms with Gasteiger partial charge in [0.2, 0.25) is 5.91 Å². The highest BCUT2D eigenvalue weighted by molar-refractivity contribution is 5.79. The number of carboxylic acid groups (broad SMARTS) is 1. The van der Waals surface area contributed by atoms with Gasteiger partial charge in [0, 0.05) is 13.0 Å². The Bertz CT molecular complexity index is 424. The number of hydrogen-bond donors (Lipinski definition) is 1. The first-order valence-corrected chi connectivity index (χ1v) is 6.20. The number of furan rings is 1. The maximum atomic E-state index is 12.0. The van der Waals surface area contributed by atoms with Gasteiger partial charge < -0.3 is 14.4 Å². The van der Waals surface area contributed by atoms with Crippen LogP contribution in [0.1, 0.15) is 38.0 Å². The second kappa shape index (κ2) is 5.25. The third-order valence-electron chi connectivity index (χ3n) is 3.44. The molecule has 1 fully saturated rings. The molecule has 2 heterocycles. The van der Waals surface area contributed by atoms with Crippen LogP contribution >= 0.6 is 0 Å². The minimum Gasteiger partial charge on any atom is -0.481 e. The number of likely N-dealkylation sites (tertiary alicyclic amines) is 1. The Labute approximate surface area is 105 Å². The van der Waals surface area contributed by atoms with E-state index in [0.29, 0.717) is 31.6 Å². The summed E-state index contributed by atoms with van der Waals surface area (Å²) in [5.41, 5.74) is 0. The first-order chi connectivity index (χ1) is 8.65. The molecule has 2 unspecified atom stereocenters. The molecule has 5 nitrogen and oxygen atoms in total. The number of carbonyl (C=O) groups excluding carboxylic acids is 1. The van der Waals surface area contributed by atoms with E-state index in [9.17, 15) is 14.7 Å². The van der Waals surface area contributed by atoms with Gasteiger partial charge in [0.15, 0.2) is 0 Å². The molecule has 1 aliphatic rings. The highest BCUT2D eigenvalue weighted by atomic mass is 16.4. The minimum atomic E-state index is -0.871. The van der Waals surface area contributed by atoms with Crippen molar-refractivity contribution in [3.05, 3.63) is 24.2 Å². The van der Waals surface area contributed by atoms with E-state index in [-0.39, 0.29) is 5.91 Å². The molecule has 1 aromatic rings. The maximum absolute atomic E-state index is 12.0.